The molecule has 0 atom stereocenters. The first-order valence-electron chi connectivity index (χ1n) is 5.47. The van der Waals surface area contributed by atoms with Crippen LogP contribution in [0.4, 0.5) is 5.69 Å². The molecule has 0 amide bonds. The number of nitrogens with one attached hydrogen (secondary N) is 2. The molecule has 2 aromatic rings. The van der Waals surface area contributed by atoms with Gasteiger partial charge >= 0.3 is 5.97 Å². The van der Waals surface area contributed by atoms with Gasteiger partial charge in [-0.15, -0.1) is 0 Å². The van der Waals surface area contributed by atoms with Gasteiger partial charge in [0.15, 0.2) is 0 Å². The predicted octanol–water partition coefficient (Wildman–Crippen LogP) is 2.15. The number of carboxylic acid groups (broad SMARTS) is 1. The third-order valence-electron chi connectivity index (χ3n) is 2.54. The smallest absolute Gasteiger partial charge is 0.352 e. The van der Waals surface area contributed by atoms with E-state index < -0.39 is 16.0 Å². The van der Waals surface area contributed by atoms with Crippen molar-refractivity contribution in [2.45, 2.75) is 4.90 Å². The summed E-state index contributed by atoms with van der Waals surface area (Å²) in [5.74, 6) is -1.27. The maximum Gasteiger partial charge on any atom is 0.352 e. The third kappa shape index (κ3) is 3.24. The van der Waals surface area contributed by atoms with Crippen LogP contribution in [0.3, 0.4) is 0 Å². The largest absolute Gasteiger partial charge is 0.477 e. The van der Waals surface area contributed by atoms with E-state index in [4.69, 9.17) is 10.4 Å². The van der Waals surface area contributed by atoms with E-state index >= 15 is 0 Å². The highest BCUT2D eigenvalue weighted by atomic mass is 79.9. The van der Waals surface area contributed by atoms with E-state index in [0.717, 1.165) is 12.3 Å². The number of carbonyl (C=O) groups is 1. The lowest BCUT2D eigenvalue weighted by Gasteiger charge is -2.08. The molecule has 0 spiro atoms. The van der Waals surface area contributed by atoms with E-state index in [-0.39, 0.29) is 21.8 Å². The average Bonchev–Trinajstić information content (AvgIpc) is 2.91. The normalized spacial score (nSPS) is 10.9. The van der Waals surface area contributed by atoms with Crippen LogP contribution in [0.1, 0.15) is 16.1 Å². The van der Waals surface area contributed by atoms with Crippen LogP contribution in [-0.2, 0) is 10.0 Å². The van der Waals surface area contributed by atoms with Crippen molar-refractivity contribution in [3.05, 3.63) is 46.2 Å². The zero-order chi connectivity index (χ0) is 15.6. The fraction of sp³-hybridized carbons (Fsp3) is 0. The number of halogens is 1. The Morgan fingerprint density at radius 3 is 2.67 bits per heavy atom. The summed E-state index contributed by atoms with van der Waals surface area (Å²) in [4.78, 5) is 12.9. The number of aromatic carboxylic acids is 1. The number of hydrogen-bond donors (Lipinski definition) is 3. The molecule has 0 unspecified atom stereocenters. The van der Waals surface area contributed by atoms with Crippen LogP contribution in [0.15, 0.2) is 39.8 Å². The molecular weight excluding hydrogens is 362 g/mol. The minimum Gasteiger partial charge on any atom is -0.477 e. The van der Waals surface area contributed by atoms with E-state index in [9.17, 15) is 13.2 Å². The van der Waals surface area contributed by atoms with E-state index in [1.807, 2.05) is 6.07 Å². The van der Waals surface area contributed by atoms with Crippen LogP contribution in [0.2, 0.25) is 0 Å². The molecule has 0 aliphatic heterocycles. The van der Waals surface area contributed by atoms with Crippen molar-refractivity contribution in [3.8, 4) is 6.07 Å². The first-order valence-corrected chi connectivity index (χ1v) is 7.75. The Kier molecular flexibility index (Phi) is 4.02. The molecule has 3 N–H and O–H groups in total. The molecule has 0 bridgehead atoms. The Morgan fingerprint density at radius 1 is 1.38 bits per heavy atom. The molecule has 7 nitrogen and oxygen atoms in total. The Bertz CT molecular complexity index is 852. The fourth-order valence-corrected chi connectivity index (χ4v) is 2.99. The van der Waals surface area contributed by atoms with Gasteiger partial charge in [-0.1, -0.05) is 15.9 Å². The highest BCUT2D eigenvalue weighted by Gasteiger charge is 2.19. The second kappa shape index (κ2) is 5.59. The van der Waals surface area contributed by atoms with E-state index in [1.165, 1.54) is 12.1 Å². The van der Waals surface area contributed by atoms with Crippen LogP contribution in [0.5, 0.6) is 0 Å². The van der Waals surface area contributed by atoms with Crippen molar-refractivity contribution in [3.63, 3.8) is 0 Å². The number of H-pyrrole nitrogens is 1. The number of carboxylic acids is 1. The number of anilines is 1. The van der Waals surface area contributed by atoms with Gasteiger partial charge in [0.2, 0.25) is 0 Å². The minimum absolute atomic E-state index is 0.110. The van der Waals surface area contributed by atoms with Gasteiger partial charge in [0.05, 0.1) is 11.3 Å². The minimum atomic E-state index is -3.98. The van der Waals surface area contributed by atoms with Crippen LogP contribution in [-0.4, -0.2) is 24.5 Å². The Morgan fingerprint density at radius 2 is 2.10 bits per heavy atom. The van der Waals surface area contributed by atoms with Gasteiger partial charge in [0.25, 0.3) is 10.0 Å². The number of rotatable bonds is 4. The summed E-state index contributed by atoms with van der Waals surface area (Å²) in [6.45, 7) is 0. The Labute approximate surface area is 128 Å². The number of nitrogens with zero attached hydrogens (tertiary/aromatic N) is 1. The number of nitriles is 1. The maximum atomic E-state index is 12.1. The topological polar surface area (TPSA) is 123 Å². The number of aromatic amines is 1. The molecule has 0 saturated heterocycles. The quantitative estimate of drug-likeness (QED) is 0.761. The van der Waals surface area contributed by atoms with Crippen molar-refractivity contribution in [2.24, 2.45) is 0 Å². The molecule has 0 aliphatic rings. The van der Waals surface area contributed by atoms with Gasteiger partial charge in [-0.2, -0.15) is 5.26 Å². The molecule has 2 rings (SSSR count). The molecule has 1 heterocycles. The van der Waals surface area contributed by atoms with Crippen molar-refractivity contribution in [1.29, 1.82) is 5.26 Å². The molecule has 0 saturated carbocycles. The summed E-state index contributed by atoms with van der Waals surface area (Å²) in [7, 11) is -3.98. The van der Waals surface area contributed by atoms with Crippen LogP contribution in [0.25, 0.3) is 0 Å². The van der Waals surface area contributed by atoms with Gasteiger partial charge in [-0.3, -0.25) is 4.72 Å². The maximum absolute atomic E-state index is 12.1. The molecular formula is C12H8BrN3O4S. The first-order chi connectivity index (χ1) is 9.83. The summed E-state index contributed by atoms with van der Waals surface area (Å²) in [6, 6.07) is 7.36. The second-order valence-corrected chi connectivity index (χ2v) is 6.56. The molecule has 21 heavy (non-hydrogen) atoms. The van der Waals surface area contributed by atoms with E-state index in [1.54, 1.807) is 6.07 Å². The Hall–Kier alpha value is -2.31. The molecule has 1 aromatic heterocycles. The first kappa shape index (κ1) is 15.1. The van der Waals surface area contributed by atoms with Gasteiger partial charge in [0.1, 0.15) is 16.7 Å². The summed E-state index contributed by atoms with van der Waals surface area (Å²) < 4.78 is 27.2. The highest BCUT2D eigenvalue weighted by molar-refractivity contribution is 9.10. The molecule has 1 aromatic carbocycles. The molecule has 0 fully saturated rings. The summed E-state index contributed by atoms with van der Waals surface area (Å²) in [5.41, 5.74) is 0.00686. The lowest BCUT2D eigenvalue weighted by Crippen LogP contribution is -2.13. The lowest BCUT2D eigenvalue weighted by molar-refractivity contribution is 0.0691. The second-order valence-electron chi connectivity index (χ2n) is 3.96. The van der Waals surface area contributed by atoms with Crippen molar-refractivity contribution in [2.75, 3.05) is 4.72 Å². The van der Waals surface area contributed by atoms with Crippen molar-refractivity contribution in [1.82, 2.24) is 4.98 Å². The standard InChI is InChI=1S/C12H8BrN3O4S/c13-8-1-2-10(7(3-8)5-14)16-21(19,20)9-4-11(12(17)18)15-6-9/h1-4,6,15-16H,(H,17,18). The van der Waals surface area contributed by atoms with E-state index in [0.29, 0.717) is 4.47 Å². The van der Waals surface area contributed by atoms with Crippen molar-refractivity contribution < 1.29 is 18.3 Å². The van der Waals surface area contributed by atoms with E-state index in [2.05, 4.69) is 25.6 Å². The summed E-state index contributed by atoms with van der Waals surface area (Å²) in [6.07, 6.45) is 1.07. The fourth-order valence-electron chi connectivity index (χ4n) is 1.55. The van der Waals surface area contributed by atoms with Gasteiger partial charge in [-0.05, 0) is 24.3 Å². The average molecular weight is 370 g/mol. The van der Waals surface area contributed by atoms with Crippen LogP contribution < -0.4 is 4.72 Å². The monoisotopic (exact) mass is 369 g/mol. The molecule has 0 radical (unpaired) electrons. The van der Waals surface area contributed by atoms with Gasteiger partial charge in [-0.25, -0.2) is 13.2 Å². The highest BCUT2D eigenvalue weighted by Crippen LogP contribution is 2.23. The van der Waals surface area contributed by atoms with Gasteiger partial charge in [0, 0.05) is 10.7 Å². The van der Waals surface area contributed by atoms with Gasteiger partial charge < -0.3 is 10.1 Å². The summed E-state index contributed by atoms with van der Waals surface area (Å²) in [5, 5.41) is 17.8. The predicted molar refractivity (Wildman–Crippen MR) is 77.4 cm³/mol. The SMILES string of the molecule is N#Cc1cc(Br)ccc1NS(=O)(=O)c1c[nH]c(C(=O)O)c1. The zero-order valence-corrected chi connectivity index (χ0v) is 12.7. The number of hydrogen-bond acceptors (Lipinski definition) is 4. The Balaban J connectivity index is 2.37. The number of sulfonamides is 1. The molecule has 0 aliphatic carbocycles. The van der Waals surface area contributed by atoms with Crippen LogP contribution >= 0.6 is 15.9 Å². The number of benzene rings is 1. The summed E-state index contributed by atoms with van der Waals surface area (Å²) >= 11 is 3.18. The van der Waals surface area contributed by atoms with Crippen molar-refractivity contribution >= 4 is 37.6 Å². The molecule has 9 heteroatoms. The molecule has 108 valence electrons. The lowest BCUT2D eigenvalue weighted by atomic mass is 10.2. The third-order valence-corrected chi connectivity index (χ3v) is 4.38. The zero-order valence-electron chi connectivity index (χ0n) is 10.3. The number of aromatic nitrogens is 1. The van der Waals surface area contributed by atoms with Crippen LogP contribution in [0, 0.1) is 11.3 Å².